The molecule has 3 amide bonds. The summed E-state index contributed by atoms with van der Waals surface area (Å²) < 4.78 is 41.3. The molecule has 1 aliphatic rings. The van der Waals surface area contributed by atoms with Crippen molar-refractivity contribution in [2.24, 2.45) is 0 Å². The molecule has 1 aromatic carbocycles. The van der Waals surface area contributed by atoms with E-state index in [9.17, 15) is 22.8 Å². The Morgan fingerprint density at radius 1 is 1.22 bits per heavy atom. The third kappa shape index (κ3) is 3.59. The van der Waals surface area contributed by atoms with E-state index in [-0.39, 0.29) is 18.1 Å². The number of aromatic nitrogens is 2. The molecule has 0 bridgehead atoms. The predicted molar refractivity (Wildman–Crippen MR) is 92.1 cm³/mol. The maximum absolute atomic E-state index is 13.8. The number of aryl methyl sites for hydroxylation is 1. The molecule has 1 fully saturated rings. The normalized spacial score (nSPS) is 20.1. The predicted octanol–water partition coefficient (Wildman–Crippen LogP) is 2.57. The van der Waals surface area contributed by atoms with Crippen molar-refractivity contribution in [3.8, 4) is 0 Å². The van der Waals surface area contributed by atoms with E-state index in [1.807, 2.05) is 0 Å². The van der Waals surface area contributed by atoms with Gasteiger partial charge in [-0.05, 0) is 18.4 Å². The molecule has 2 N–H and O–H groups in total. The summed E-state index contributed by atoms with van der Waals surface area (Å²) in [6.07, 6.45) is -4.34. The Labute approximate surface area is 156 Å². The van der Waals surface area contributed by atoms with Crippen LogP contribution in [0.25, 0.3) is 0 Å². The zero-order valence-corrected chi connectivity index (χ0v) is 15.0. The van der Waals surface area contributed by atoms with Gasteiger partial charge in [0.05, 0.1) is 0 Å². The minimum Gasteiger partial charge on any atom is -0.322 e. The van der Waals surface area contributed by atoms with Crippen LogP contribution in [0.4, 0.5) is 23.1 Å². The first kappa shape index (κ1) is 19.1. The molecular formula is C16H16F3N5O2S. The summed E-state index contributed by atoms with van der Waals surface area (Å²) in [4.78, 5) is 25.3. The van der Waals surface area contributed by atoms with Gasteiger partial charge in [0.1, 0.15) is 5.01 Å². The zero-order chi connectivity index (χ0) is 19.7. The second-order valence-electron chi connectivity index (χ2n) is 5.85. The minimum atomic E-state index is -5.07. The second kappa shape index (κ2) is 7.14. The molecule has 27 heavy (non-hydrogen) atoms. The first-order valence-electron chi connectivity index (χ1n) is 8.12. The molecule has 1 saturated heterocycles. The number of hydrogen-bond donors (Lipinski definition) is 2. The van der Waals surface area contributed by atoms with E-state index in [4.69, 9.17) is 0 Å². The Kier molecular flexibility index (Phi) is 5.05. The van der Waals surface area contributed by atoms with Gasteiger partial charge in [-0.1, -0.05) is 48.6 Å². The SMILES string of the molecule is CCc1nnc(NC2(C(F)(F)F)NC(=O)N(CCc3ccccc3)C2=O)s1. The van der Waals surface area contributed by atoms with Crippen LogP contribution in [0.3, 0.4) is 0 Å². The number of nitrogens with zero attached hydrogens (tertiary/aromatic N) is 3. The summed E-state index contributed by atoms with van der Waals surface area (Å²) in [5.41, 5.74) is -2.46. The third-order valence-corrected chi connectivity index (χ3v) is 5.04. The van der Waals surface area contributed by atoms with E-state index in [0.29, 0.717) is 16.3 Å². The Morgan fingerprint density at radius 3 is 2.52 bits per heavy atom. The van der Waals surface area contributed by atoms with Gasteiger partial charge < -0.3 is 5.32 Å². The van der Waals surface area contributed by atoms with Gasteiger partial charge in [-0.15, -0.1) is 10.2 Å². The number of imide groups is 1. The third-order valence-electron chi connectivity index (χ3n) is 4.06. The lowest BCUT2D eigenvalue weighted by Gasteiger charge is -2.29. The minimum absolute atomic E-state index is 0.176. The van der Waals surface area contributed by atoms with Crippen molar-refractivity contribution in [1.82, 2.24) is 20.4 Å². The highest BCUT2D eigenvalue weighted by molar-refractivity contribution is 7.15. The number of hydrogen-bond acceptors (Lipinski definition) is 6. The average molecular weight is 399 g/mol. The number of amides is 3. The molecule has 1 aliphatic heterocycles. The number of carbonyl (C=O) groups excluding carboxylic acids is 2. The van der Waals surface area contributed by atoms with E-state index in [2.05, 4.69) is 15.5 Å². The smallest absolute Gasteiger partial charge is 0.322 e. The molecule has 0 saturated carbocycles. The van der Waals surface area contributed by atoms with Crippen LogP contribution >= 0.6 is 11.3 Å². The van der Waals surface area contributed by atoms with Gasteiger partial charge in [0.2, 0.25) is 5.13 Å². The molecule has 2 aromatic rings. The maximum Gasteiger partial charge on any atom is 0.440 e. The Bertz CT molecular complexity index is 842. The van der Waals surface area contributed by atoms with Crippen LogP contribution < -0.4 is 10.6 Å². The van der Waals surface area contributed by atoms with Crippen molar-refractivity contribution in [3.05, 3.63) is 40.9 Å². The van der Waals surface area contributed by atoms with Crippen molar-refractivity contribution < 1.29 is 22.8 Å². The van der Waals surface area contributed by atoms with E-state index in [1.165, 1.54) is 0 Å². The van der Waals surface area contributed by atoms with Crippen LogP contribution in [0, 0.1) is 0 Å². The van der Waals surface area contributed by atoms with Gasteiger partial charge in [-0.3, -0.25) is 15.0 Å². The van der Waals surface area contributed by atoms with Crippen molar-refractivity contribution in [1.29, 1.82) is 0 Å². The van der Waals surface area contributed by atoms with Crippen LogP contribution in [-0.4, -0.2) is 45.4 Å². The Morgan fingerprint density at radius 2 is 1.93 bits per heavy atom. The van der Waals surface area contributed by atoms with Crippen LogP contribution in [-0.2, 0) is 17.6 Å². The molecule has 0 radical (unpaired) electrons. The lowest BCUT2D eigenvalue weighted by atomic mass is 10.1. The largest absolute Gasteiger partial charge is 0.440 e. The highest BCUT2D eigenvalue weighted by Gasteiger charge is 2.68. The maximum atomic E-state index is 13.8. The molecule has 0 spiro atoms. The number of alkyl halides is 3. The van der Waals surface area contributed by atoms with E-state index in [0.717, 1.165) is 16.9 Å². The summed E-state index contributed by atoms with van der Waals surface area (Å²) in [7, 11) is 0. The quantitative estimate of drug-likeness (QED) is 0.729. The monoisotopic (exact) mass is 399 g/mol. The van der Waals surface area contributed by atoms with Crippen LogP contribution in [0.15, 0.2) is 30.3 Å². The van der Waals surface area contributed by atoms with Gasteiger partial charge in [0.15, 0.2) is 0 Å². The highest BCUT2D eigenvalue weighted by Crippen LogP contribution is 2.37. The van der Waals surface area contributed by atoms with Crippen LogP contribution in [0.2, 0.25) is 0 Å². The van der Waals surface area contributed by atoms with Crippen LogP contribution in [0.5, 0.6) is 0 Å². The van der Waals surface area contributed by atoms with Crippen molar-refractivity contribution in [2.75, 3.05) is 11.9 Å². The standard InChI is InChI=1S/C16H16F3N5O2S/c1-2-11-22-23-13(27-11)20-15(16(17,18)19)12(25)24(14(26)21-15)9-8-10-6-4-3-5-7-10/h3-7H,2,8-9H2,1H3,(H,20,23)(H,21,26). The fraction of sp³-hybridized carbons (Fsp3) is 0.375. The van der Waals surface area contributed by atoms with E-state index < -0.39 is 23.8 Å². The second-order valence-corrected chi connectivity index (χ2v) is 6.91. The summed E-state index contributed by atoms with van der Waals surface area (Å²) in [5.74, 6) is -1.41. The molecule has 0 aliphatic carbocycles. The molecular weight excluding hydrogens is 383 g/mol. The molecule has 1 unspecified atom stereocenters. The fourth-order valence-electron chi connectivity index (χ4n) is 2.62. The van der Waals surface area contributed by atoms with Gasteiger partial charge in [0.25, 0.3) is 11.6 Å². The number of halogens is 3. The number of benzene rings is 1. The summed E-state index contributed by atoms with van der Waals surface area (Å²) in [6, 6.07) is 7.75. The molecule has 11 heteroatoms. The Hall–Kier alpha value is -2.69. The van der Waals surface area contributed by atoms with Crippen molar-refractivity contribution in [2.45, 2.75) is 31.6 Å². The lowest BCUT2D eigenvalue weighted by molar-refractivity contribution is -0.188. The van der Waals surface area contributed by atoms with Gasteiger partial charge in [-0.2, -0.15) is 13.2 Å². The van der Waals surface area contributed by atoms with Crippen LogP contribution in [0.1, 0.15) is 17.5 Å². The number of anilines is 1. The molecule has 2 heterocycles. The zero-order valence-electron chi connectivity index (χ0n) is 14.2. The summed E-state index contributed by atoms with van der Waals surface area (Å²) >= 11 is 0.894. The number of rotatable bonds is 6. The number of nitrogens with one attached hydrogen (secondary N) is 2. The highest BCUT2D eigenvalue weighted by atomic mass is 32.1. The van der Waals surface area contributed by atoms with Gasteiger partial charge in [0, 0.05) is 6.54 Å². The lowest BCUT2D eigenvalue weighted by Crippen LogP contribution is -2.64. The first-order valence-corrected chi connectivity index (χ1v) is 8.94. The molecule has 144 valence electrons. The molecule has 3 rings (SSSR count). The van der Waals surface area contributed by atoms with Crippen molar-refractivity contribution in [3.63, 3.8) is 0 Å². The summed E-state index contributed by atoms with van der Waals surface area (Å²) in [6.45, 7) is 1.60. The molecule has 1 atom stereocenters. The summed E-state index contributed by atoms with van der Waals surface area (Å²) in [5, 5.41) is 11.5. The Balaban J connectivity index is 1.84. The fourth-order valence-corrected chi connectivity index (χ4v) is 3.35. The first-order chi connectivity index (χ1) is 12.8. The topological polar surface area (TPSA) is 87.2 Å². The average Bonchev–Trinajstić information content (AvgIpc) is 3.17. The number of urea groups is 1. The van der Waals surface area contributed by atoms with Gasteiger partial charge >= 0.3 is 12.2 Å². The van der Waals surface area contributed by atoms with Crippen molar-refractivity contribution >= 4 is 28.4 Å². The van der Waals surface area contributed by atoms with E-state index >= 15 is 0 Å². The van der Waals surface area contributed by atoms with E-state index in [1.54, 1.807) is 42.6 Å². The van der Waals surface area contributed by atoms with Gasteiger partial charge in [-0.25, -0.2) is 4.79 Å². The number of carbonyl (C=O) groups is 2. The molecule has 7 nitrogen and oxygen atoms in total. The molecule has 1 aromatic heterocycles.